The third kappa shape index (κ3) is 6.02. The Bertz CT molecular complexity index is 1080. The summed E-state index contributed by atoms with van der Waals surface area (Å²) in [4.78, 5) is 30.1. The molecule has 0 unspecified atom stereocenters. The number of aryl methyl sites for hydroxylation is 1. The van der Waals surface area contributed by atoms with E-state index in [4.69, 9.17) is 23.2 Å². The van der Waals surface area contributed by atoms with Crippen LogP contribution in [0.4, 0.5) is 0 Å². The lowest BCUT2D eigenvalue weighted by atomic mass is 9.85. The predicted octanol–water partition coefficient (Wildman–Crippen LogP) is 3.44. The number of halogens is 2. The minimum absolute atomic E-state index is 0.0171. The van der Waals surface area contributed by atoms with Crippen LogP contribution in [0.1, 0.15) is 55.7 Å². The molecule has 11 heteroatoms. The molecular weight excluding hydrogens is 487 g/mol. The Kier molecular flexibility index (Phi) is 8.01. The van der Waals surface area contributed by atoms with E-state index in [0.29, 0.717) is 36.5 Å². The highest BCUT2D eigenvalue weighted by Gasteiger charge is 2.37. The highest BCUT2D eigenvalue weighted by molar-refractivity contribution is 7.90. The number of nitrogens with zero attached hydrogens (tertiary/aromatic N) is 3. The summed E-state index contributed by atoms with van der Waals surface area (Å²) in [7, 11) is 1.57. The van der Waals surface area contributed by atoms with Gasteiger partial charge in [0.2, 0.25) is 0 Å². The summed E-state index contributed by atoms with van der Waals surface area (Å²) in [5.41, 5.74) is 0.445. The van der Waals surface area contributed by atoms with E-state index < -0.39 is 22.2 Å². The third-order valence-electron chi connectivity index (χ3n) is 5.69. The summed E-state index contributed by atoms with van der Waals surface area (Å²) in [5, 5.41) is 11.1. The zero-order chi connectivity index (χ0) is 24.5. The molecule has 2 aromatic rings. The van der Waals surface area contributed by atoms with Gasteiger partial charge in [-0.15, -0.1) is 4.72 Å². The second-order valence-corrected chi connectivity index (χ2v) is 12.0. The number of piperidine rings is 1. The minimum Gasteiger partial charge on any atom is -0.598 e. The van der Waals surface area contributed by atoms with Crippen LogP contribution >= 0.6 is 23.2 Å². The van der Waals surface area contributed by atoms with Crippen LogP contribution in [-0.4, -0.2) is 47.9 Å². The molecule has 0 aliphatic carbocycles. The number of aromatic hydroxyl groups is 1. The summed E-state index contributed by atoms with van der Waals surface area (Å²) in [6.07, 6.45) is 3.78. The summed E-state index contributed by atoms with van der Waals surface area (Å²) in [5.74, 6) is -0.290. The van der Waals surface area contributed by atoms with Gasteiger partial charge in [0.05, 0.1) is 22.3 Å². The predicted molar refractivity (Wildman–Crippen MR) is 130 cm³/mol. The Balaban J connectivity index is 1.81. The molecule has 33 heavy (non-hydrogen) atoms. The average molecular weight is 515 g/mol. The molecule has 0 spiro atoms. The van der Waals surface area contributed by atoms with Crippen LogP contribution in [0.5, 0.6) is 5.75 Å². The molecule has 1 aliphatic heterocycles. The lowest BCUT2D eigenvalue weighted by molar-refractivity contribution is 0.0667. The molecule has 1 aromatic carbocycles. The van der Waals surface area contributed by atoms with Crippen LogP contribution in [0.3, 0.4) is 0 Å². The maximum atomic E-state index is 12.9. The lowest BCUT2D eigenvalue weighted by Gasteiger charge is -2.37. The highest BCUT2D eigenvalue weighted by Crippen LogP contribution is 2.40. The first-order chi connectivity index (χ1) is 15.4. The van der Waals surface area contributed by atoms with E-state index in [1.165, 1.54) is 16.8 Å². The normalized spacial score (nSPS) is 17.1. The van der Waals surface area contributed by atoms with E-state index in [1.54, 1.807) is 18.0 Å². The summed E-state index contributed by atoms with van der Waals surface area (Å²) in [6.45, 7) is 6.50. The zero-order valence-corrected chi connectivity index (χ0v) is 21.3. The molecule has 1 aliphatic rings. The van der Waals surface area contributed by atoms with Gasteiger partial charge in [-0.1, -0.05) is 23.2 Å². The largest absolute Gasteiger partial charge is 0.598 e. The third-order valence-corrected chi connectivity index (χ3v) is 7.99. The summed E-state index contributed by atoms with van der Waals surface area (Å²) >= 11 is 10.9. The lowest BCUT2D eigenvalue weighted by Crippen LogP contribution is -2.46. The van der Waals surface area contributed by atoms with Gasteiger partial charge in [0.1, 0.15) is 16.2 Å². The van der Waals surface area contributed by atoms with Gasteiger partial charge in [0.15, 0.2) is 0 Å². The fraction of sp³-hybridized carbons (Fsp3) is 0.500. The average Bonchev–Trinajstić information content (AvgIpc) is 2.75. The Hall–Kier alpha value is -1.78. The number of rotatable bonds is 5. The molecule has 0 radical (unpaired) electrons. The number of amides is 1. The number of phenolic OH excluding ortho intramolecular Hbond substituents is 1. The first kappa shape index (κ1) is 25.8. The van der Waals surface area contributed by atoms with E-state index in [1.807, 2.05) is 20.8 Å². The van der Waals surface area contributed by atoms with E-state index in [-0.39, 0.29) is 33.9 Å². The first-order valence-corrected chi connectivity index (χ1v) is 12.5. The number of hydrogen-bond donors (Lipinski definition) is 2. The van der Waals surface area contributed by atoms with Crippen LogP contribution < -0.4 is 10.3 Å². The molecule has 180 valence electrons. The van der Waals surface area contributed by atoms with Crippen molar-refractivity contribution in [2.75, 3.05) is 13.1 Å². The fourth-order valence-corrected chi connectivity index (χ4v) is 4.94. The van der Waals surface area contributed by atoms with Gasteiger partial charge in [0.25, 0.3) is 11.5 Å². The number of carbonyl (C=O) groups excluding carboxylic acids is 1. The van der Waals surface area contributed by atoms with Crippen molar-refractivity contribution in [1.29, 1.82) is 0 Å². The van der Waals surface area contributed by atoms with Crippen molar-refractivity contribution < 1.29 is 14.5 Å². The highest BCUT2D eigenvalue weighted by atomic mass is 35.5. The number of likely N-dealkylation sites (tertiary alicyclic amines) is 1. The Labute approximate surface area is 206 Å². The number of aromatic nitrogens is 2. The molecule has 2 N–H and O–H groups in total. The van der Waals surface area contributed by atoms with Crippen LogP contribution in [0.15, 0.2) is 29.3 Å². The number of benzene rings is 1. The van der Waals surface area contributed by atoms with Gasteiger partial charge in [-0.3, -0.25) is 9.59 Å². The smallest absolute Gasteiger partial charge is 0.273 e. The fourth-order valence-electron chi connectivity index (χ4n) is 3.71. The van der Waals surface area contributed by atoms with Gasteiger partial charge in [-0.05, 0) is 45.6 Å². The molecule has 0 saturated carbocycles. The molecule has 3 rings (SSSR count). The standard InChI is InChI=1S/C22H28Cl2N4O4S/c1-22(2,3)33(32)26-20(14-9-15(23)16(24)10-18(14)29)13-5-7-28(8-6-13)21(31)17-12-27(4)19(30)11-25-17/h9-13,20,26,29H,5-8H2,1-4H3/t20-,33+/m1/s1. The number of carbonyl (C=O) groups is 1. The van der Waals surface area contributed by atoms with Gasteiger partial charge < -0.3 is 19.1 Å². The number of phenols is 1. The second-order valence-electron chi connectivity index (χ2n) is 9.15. The molecule has 2 atom stereocenters. The molecule has 1 amide bonds. The van der Waals surface area contributed by atoms with Crippen LogP contribution in [0, 0.1) is 5.92 Å². The molecule has 1 aromatic heterocycles. The molecule has 1 saturated heterocycles. The van der Waals surface area contributed by atoms with Crippen molar-refractivity contribution >= 4 is 40.5 Å². The van der Waals surface area contributed by atoms with Gasteiger partial charge in [0, 0.05) is 49.3 Å². The molecule has 1 fully saturated rings. The molecule has 0 bridgehead atoms. The van der Waals surface area contributed by atoms with Crippen LogP contribution in [0.25, 0.3) is 0 Å². The van der Waals surface area contributed by atoms with Crippen molar-refractivity contribution in [2.24, 2.45) is 13.0 Å². The van der Waals surface area contributed by atoms with E-state index in [9.17, 15) is 19.2 Å². The Morgan fingerprint density at radius 2 is 1.88 bits per heavy atom. The van der Waals surface area contributed by atoms with Crippen molar-refractivity contribution in [3.63, 3.8) is 0 Å². The van der Waals surface area contributed by atoms with Gasteiger partial charge in [-0.25, -0.2) is 4.98 Å². The summed E-state index contributed by atoms with van der Waals surface area (Å²) in [6, 6.07) is 2.54. The van der Waals surface area contributed by atoms with E-state index in [0.717, 1.165) is 6.20 Å². The maximum absolute atomic E-state index is 12.9. The van der Waals surface area contributed by atoms with Crippen molar-refractivity contribution in [3.8, 4) is 5.75 Å². The van der Waals surface area contributed by atoms with Crippen molar-refractivity contribution in [2.45, 2.75) is 44.4 Å². The SMILES string of the molecule is Cn1cc(C(=O)N2CCC([C@@H](N[S@@+]([O-])C(C)(C)C)c3cc(Cl)c(Cl)cc3O)CC2)ncc1=O. The molecule has 8 nitrogen and oxygen atoms in total. The van der Waals surface area contributed by atoms with Crippen molar-refractivity contribution in [1.82, 2.24) is 19.2 Å². The van der Waals surface area contributed by atoms with E-state index in [2.05, 4.69) is 9.71 Å². The second kappa shape index (κ2) is 10.2. The van der Waals surface area contributed by atoms with Gasteiger partial charge >= 0.3 is 0 Å². The zero-order valence-electron chi connectivity index (χ0n) is 19.0. The quantitative estimate of drug-likeness (QED) is 0.591. The number of nitrogens with one attached hydrogen (secondary N) is 1. The van der Waals surface area contributed by atoms with Crippen molar-refractivity contribution in [3.05, 3.63) is 56.2 Å². The molecular formula is C22H28Cl2N4O4S. The monoisotopic (exact) mass is 514 g/mol. The Morgan fingerprint density at radius 1 is 1.27 bits per heavy atom. The van der Waals surface area contributed by atoms with E-state index >= 15 is 0 Å². The first-order valence-electron chi connectivity index (χ1n) is 10.6. The number of hydrogen-bond acceptors (Lipinski definition) is 6. The van der Waals surface area contributed by atoms with Crippen LogP contribution in [-0.2, 0) is 18.4 Å². The topological polar surface area (TPSA) is 111 Å². The molecule has 2 heterocycles. The Morgan fingerprint density at radius 3 is 2.45 bits per heavy atom. The van der Waals surface area contributed by atoms with Gasteiger partial charge in [-0.2, -0.15) is 0 Å². The maximum Gasteiger partial charge on any atom is 0.273 e. The minimum atomic E-state index is -1.40. The summed E-state index contributed by atoms with van der Waals surface area (Å²) < 4.78 is 16.9. The van der Waals surface area contributed by atoms with Crippen LogP contribution in [0.2, 0.25) is 10.0 Å².